The first-order valence-electron chi connectivity index (χ1n) is 6.32. The Morgan fingerprint density at radius 2 is 2.22 bits per heavy atom. The fourth-order valence-electron chi connectivity index (χ4n) is 2.24. The molecule has 0 amide bonds. The van der Waals surface area contributed by atoms with Crippen LogP contribution in [0.4, 0.5) is 0 Å². The average Bonchev–Trinajstić information content (AvgIpc) is 2.67. The van der Waals surface area contributed by atoms with Crippen LogP contribution in [-0.2, 0) is 4.74 Å². The standard InChI is InChI=1S/C14H17BrO3/c1-2-3-4-5-12(16)13-10-7-6-9(15)8-11(10)14(17)18-13/h6-8,12-13,16H,2-5H2,1H3/t12-,13-/m0/s1. The van der Waals surface area contributed by atoms with Crippen molar-refractivity contribution in [1.29, 1.82) is 0 Å². The summed E-state index contributed by atoms with van der Waals surface area (Å²) in [4.78, 5) is 11.7. The van der Waals surface area contributed by atoms with E-state index < -0.39 is 12.2 Å². The highest BCUT2D eigenvalue weighted by atomic mass is 79.9. The van der Waals surface area contributed by atoms with Crippen molar-refractivity contribution in [2.24, 2.45) is 0 Å². The van der Waals surface area contributed by atoms with Crippen LogP contribution in [0.3, 0.4) is 0 Å². The normalized spacial score (nSPS) is 19.5. The number of ether oxygens (including phenoxy) is 1. The molecule has 1 aromatic rings. The average molecular weight is 313 g/mol. The predicted molar refractivity (Wildman–Crippen MR) is 72.4 cm³/mol. The van der Waals surface area contributed by atoms with Gasteiger partial charge in [-0.25, -0.2) is 4.79 Å². The third kappa shape index (κ3) is 2.75. The lowest BCUT2D eigenvalue weighted by Gasteiger charge is -2.17. The highest BCUT2D eigenvalue weighted by Crippen LogP contribution is 2.35. The monoisotopic (exact) mass is 312 g/mol. The summed E-state index contributed by atoms with van der Waals surface area (Å²) in [6, 6.07) is 5.46. The van der Waals surface area contributed by atoms with E-state index in [4.69, 9.17) is 4.74 Å². The molecule has 0 aliphatic carbocycles. The predicted octanol–water partition coefficient (Wildman–Crippen LogP) is 3.60. The van der Waals surface area contributed by atoms with Crippen molar-refractivity contribution in [2.45, 2.75) is 44.8 Å². The zero-order valence-corrected chi connectivity index (χ0v) is 11.9. The molecule has 2 rings (SSSR count). The molecule has 3 nitrogen and oxygen atoms in total. The van der Waals surface area contributed by atoms with Gasteiger partial charge < -0.3 is 9.84 Å². The Hall–Kier alpha value is -0.870. The molecule has 0 saturated carbocycles. The number of cyclic esters (lactones) is 1. The fourth-order valence-corrected chi connectivity index (χ4v) is 2.60. The van der Waals surface area contributed by atoms with Crippen LogP contribution in [0.2, 0.25) is 0 Å². The van der Waals surface area contributed by atoms with Crippen molar-refractivity contribution in [1.82, 2.24) is 0 Å². The first-order chi connectivity index (χ1) is 8.63. The van der Waals surface area contributed by atoms with Gasteiger partial charge in [-0.1, -0.05) is 48.2 Å². The number of halogens is 1. The number of hydrogen-bond donors (Lipinski definition) is 1. The van der Waals surface area contributed by atoms with Crippen molar-refractivity contribution in [3.63, 3.8) is 0 Å². The molecule has 0 unspecified atom stereocenters. The van der Waals surface area contributed by atoms with Crippen molar-refractivity contribution >= 4 is 21.9 Å². The van der Waals surface area contributed by atoms with E-state index in [1.165, 1.54) is 0 Å². The molecule has 1 aromatic carbocycles. The SMILES string of the molecule is CCCCC[C@H](O)[C@H]1OC(=O)c2cc(Br)ccc21. The second-order valence-electron chi connectivity index (χ2n) is 4.62. The molecule has 2 atom stereocenters. The molecule has 1 heterocycles. The second kappa shape index (κ2) is 5.85. The minimum Gasteiger partial charge on any atom is -0.451 e. The van der Waals surface area contributed by atoms with E-state index >= 15 is 0 Å². The van der Waals surface area contributed by atoms with Crippen LogP contribution < -0.4 is 0 Å². The quantitative estimate of drug-likeness (QED) is 0.667. The van der Waals surface area contributed by atoms with Gasteiger partial charge in [-0.05, 0) is 18.6 Å². The number of carbonyl (C=O) groups is 1. The maximum absolute atomic E-state index is 11.7. The van der Waals surface area contributed by atoms with Gasteiger partial charge in [-0.2, -0.15) is 0 Å². The van der Waals surface area contributed by atoms with E-state index in [0.717, 1.165) is 29.3 Å². The van der Waals surface area contributed by atoms with E-state index in [2.05, 4.69) is 22.9 Å². The second-order valence-corrected chi connectivity index (χ2v) is 5.54. The number of unbranched alkanes of at least 4 members (excludes halogenated alkanes) is 2. The summed E-state index contributed by atoms with van der Waals surface area (Å²) in [5.74, 6) is -0.342. The smallest absolute Gasteiger partial charge is 0.339 e. The van der Waals surface area contributed by atoms with Crippen LogP contribution in [0.1, 0.15) is 54.6 Å². The van der Waals surface area contributed by atoms with Crippen LogP contribution in [0.5, 0.6) is 0 Å². The van der Waals surface area contributed by atoms with Gasteiger partial charge in [0.05, 0.1) is 11.7 Å². The third-order valence-electron chi connectivity index (χ3n) is 3.23. The Balaban J connectivity index is 2.11. The van der Waals surface area contributed by atoms with E-state index in [0.29, 0.717) is 12.0 Å². The number of rotatable bonds is 5. The molecular weight excluding hydrogens is 296 g/mol. The van der Waals surface area contributed by atoms with Gasteiger partial charge in [0.25, 0.3) is 0 Å². The zero-order valence-electron chi connectivity index (χ0n) is 10.4. The maximum atomic E-state index is 11.7. The number of hydrogen-bond acceptors (Lipinski definition) is 3. The number of fused-ring (bicyclic) bond motifs is 1. The third-order valence-corrected chi connectivity index (χ3v) is 3.72. The highest BCUT2D eigenvalue weighted by Gasteiger charge is 2.35. The first kappa shape index (κ1) is 13.6. The molecule has 0 aromatic heterocycles. The molecule has 1 aliphatic rings. The molecule has 0 fully saturated rings. The minimum absolute atomic E-state index is 0.342. The number of aliphatic hydroxyl groups excluding tert-OH is 1. The van der Waals surface area contributed by atoms with Gasteiger partial charge in [0.2, 0.25) is 0 Å². The lowest BCUT2D eigenvalue weighted by molar-refractivity contribution is -0.0128. The van der Waals surface area contributed by atoms with Crippen LogP contribution in [-0.4, -0.2) is 17.2 Å². The Bertz CT molecular complexity index is 445. The van der Waals surface area contributed by atoms with Crippen LogP contribution >= 0.6 is 15.9 Å². The number of aliphatic hydroxyl groups is 1. The van der Waals surface area contributed by atoms with Gasteiger partial charge in [0.15, 0.2) is 6.10 Å². The zero-order chi connectivity index (χ0) is 13.1. The minimum atomic E-state index is -0.608. The van der Waals surface area contributed by atoms with E-state index in [-0.39, 0.29) is 5.97 Å². The molecule has 1 aliphatic heterocycles. The van der Waals surface area contributed by atoms with Crippen molar-refractivity contribution < 1.29 is 14.6 Å². The number of esters is 1. The maximum Gasteiger partial charge on any atom is 0.339 e. The Kier molecular flexibility index (Phi) is 4.40. The summed E-state index contributed by atoms with van der Waals surface area (Å²) in [7, 11) is 0. The Morgan fingerprint density at radius 3 is 2.94 bits per heavy atom. The highest BCUT2D eigenvalue weighted by molar-refractivity contribution is 9.10. The largest absolute Gasteiger partial charge is 0.451 e. The lowest BCUT2D eigenvalue weighted by atomic mass is 9.98. The van der Waals surface area contributed by atoms with Crippen LogP contribution in [0.15, 0.2) is 22.7 Å². The lowest BCUT2D eigenvalue weighted by Crippen LogP contribution is -2.18. The van der Waals surface area contributed by atoms with E-state index in [1.807, 2.05) is 12.1 Å². The molecule has 0 bridgehead atoms. The molecule has 18 heavy (non-hydrogen) atoms. The summed E-state index contributed by atoms with van der Waals surface area (Å²) < 4.78 is 6.12. The van der Waals surface area contributed by atoms with Gasteiger partial charge in [0, 0.05) is 10.0 Å². The van der Waals surface area contributed by atoms with Crippen molar-refractivity contribution in [3.05, 3.63) is 33.8 Å². The van der Waals surface area contributed by atoms with Crippen molar-refractivity contribution in [2.75, 3.05) is 0 Å². The van der Waals surface area contributed by atoms with E-state index in [9.17, 15) is 9.90 Å². The number of carbonyl (C=O) groups excluding carboxylic acids is 1. The molecule has 4 heteroatoms. The van der Waals surface area contributed by atoms with Crippen LogP contribution in [0, 0.1) is 0 Å². The topological polar surface area (TPSA) is 46.5 Å². The molecule has 98 valence electrons. The molecular formula is C14H17BrO3. The molecule has 0 spiro atoms. The molecule has 0 radical (unpaired) electrons. The Morgan fingerprint density at radius 1 is 1.44 bits per heavy atom. The van der Waals surface area contributed by atoms with E-state index in [1.54, 1.807) is 6.07 Å². The van der Waals surface area contributed by atoms with Crippen molar-refractivity contribution in [3.8, 4) is 0 Å². The van der Waals surface area contributed by atoms with Gasteiger partial charge in [-0.3, -0.25) is 0 Å². The summed E-state index contributed by atoms with van der Waals surface area (Å²) in [5, 5.41) is 10.1. The molecule has 1 N–H and O–H groups in total. The van der Waals surface area contributed by atoms with Gasteiger partial charge in [-0.15, -0.1) is 0 Å². The fraction of sp³-hybridized carbons (Fsp3) is 0.500. The summed E-state index contributed by atoms with van der Waals surface area (Å²) in [6.07, 6.45) is 2.71. The Labute approximate surface area is 115 Å². The first-order valence-corrected chi connectivity index (χ1v) is 7.11. The summed E-state index contributed by atoms with van der Waals surface area (Å²) in [5.41, 5.74) is 1.36. The van der Waals surface area contributed by atoms with Gasteiger partial charge >= 0.3 is 5.97 Å². The summed E-state index contributed by atoms with van der Waals surface area (Å²) in [6.45, 7) is 2.12. The van der Waals surface area contributed by atoms with Crippen LogP contribution in [0.25, 0.3) is 0 Å². The van der Waals surface area contributed by atoms with Gasteiger partial charge in [0.1, 0.15) is 0 Å². The summed E-state index contributed by atoms with van der Waals surface area (Å²) >= 11 is 3.33. The number of benzene rings is 1. The molecule has 0 saturated heterocycles.